The van der Waals surface area contributed by atoms with Crippen molar-refractivity contribution in [3.8, 4) is 11.4 Å². The molecule has 3 N–H and O–H groups in total. The summed E-state index contributed by atoms with van der Waals surface area (Å²) in [5.74, 6) is -0.0534. The number of nitrogens with one attached hydrogen (secondary N) is 3. The van der Waals surface area contributed by atoms with Gasteiger partial charge in [0.1, 0.15) is 5.58 Å². The number of carbonyl (C=O) groups is 2. The molecule has 0 radical (unpaired) electrons. The fourth-order valence-corrected chi connectivity index (χ4v) is 3.52. The van der Waals surface area contributed by atoms with Crippen molar-refractivity contribution in [2.45, 2.75) is 26.8 Å². The average molecular weight is 436 g/mol. The van der Waals surface area contributed by atoms with Crippen LogP contribution in [0.5, 0.6) is 0 Å². The van der Waals surface area contributed by atoms with Crippen molar-refractivity contribution in [2.24, 2.45) is 0 Å². The minimum absolute atomic E-state index is 0.103. The van der Waals surface area contributed by atoms with Gasteiger partial charge in [0.2, 0.25) is 5.91 Å². The third-order valence-electron chi connectivity index (χ3n) is 5.00. The standard InChI is InChI=1S/C22H21N5O3S/c1-13-7-9-15(10-8-13)20-24-26-22(31)27(20)12-11-18(28)23-25-21(29)19-14(2)16-5-3-4-6-17(16)30-19/h3-10H,11-12H2,1-2H3,(H,23,28)(H,25,29)(H,26,31). The van der Waals surface area contributed by atoms with Crippen molar-refractivity contribution in [1.82, 2.24) is 25.6 Å². The summed E-state index contributed by atoms with van der Waals surface area (Å²) in [6, 6.07) is 15.3. The van der Waals surface area contributed by atoms with Gasteiger partial charge in [-0.1, -0.05) is 48.0 Å². The van der Waals surface area contributed by atoms with Crippen molar-refractivity contribution in [3.63, 3.8) is 0 Å². The van der Waals surface area contributed by atoms with Crippen LogP contribution < -0.4 is 10.9 Å². The highest BCUT2D eigenvalue weighted by Gasteiger charge is 2.18. The Labute approximate surface area is 183 Å². The molecule has 158 valence electrons. The summed E-state index contributed by atoms with van der Waals surface area (Å²) in [5.41, 5.74) is 8.20. The van der Waals surface area contributed by atoms with Crippen LogP contribution in [0.4, 0.5) is 0 Å². The van der Waals surface area contributed by atoms with E-state index in [9.17, 15) is 9.59 Å². The zero-order chi connectivity index (χ0) is 22.0. The second kappa shape index (κ2) is 8.57. The first kappa shape index (κ1) is 20.5. The SMILES string of the molecule is Cc1ccc(-c2n[nH]c(=S)n2CCC(=O)NNC(=O)c2oc3ccccc3c2C)cc1. The van der Waals surface area contributed by atoms with Gasteiger partial charge in [0, 0.05) is 29.5 Å². The fourth-order valence-electron chi connectivity index (χ4n) is 3.30. The van der Waals surface area contributed by atoms with Crippen LogP contribution in [-0.2, 0) is 11.3 Å². The molecule has 8 nitrogen and oxygen atoms in total. The molecule has 4 aromatic rings. The van der Waals surface area contributed by atoms with Gasteiger partial charge in [0.15, 0.2) is 16.4 Å². The molecule has 0 bridgehead atoms. The lowest BCUT2D eigenvalue weighted by molar-refractivity contribution is -0.122. The van der Waals surface area contributed by atoms with Gasteiger partial charge in [-0.15, -0.1) is 0 Å². The molecule has 9 heteroatoms. The molecule has 2 aromatic carbocycles. The number of para-hydroxylation sites is 1. The van der Waals surface area contributed by atoms with E-state index < -0.39 is 5.91 Å². The molecule has 0 unspecified atom stereocenters. The largest absolute Gasteiger partial charge is 0.451 e. The van der Waals surface area contributed by atoms with E-state index in [0.29, 0.717) is 22.7 Å². The lowest BCUT2D eigenvalue weighted by atomic mass is 10.1. The van der Waals surface area contributed by atoms with Crippen LogP contribution in [0.1, 0.15) is 28.1 Å². The van der Waals surface area contributed by atoms with E-state index in [1.165, 1.54) is 0 Å². The summed E-state index contributed by atoms with van der Waals surface area (Å²) < 4.78 is 7.78. The maximum Gasteiger partial charge on any atom is 0.305 e. The first-order valence-corrected chi connectivity index (χ1v) is 10.1. The van der Waals surface area contributed by atoms with E-state index in [1.54, 1.807) is 17.6 Å². The number of aromatic amines is 1. The number of fused-ring (bicyclic) bond motifs is 1. The molecule has 0 spiro atoms. The van der Waals surface area contributed by atoms with E-state index >= 15 is 0 Å². The molecule has 2 amide bonds. The van der Waals surface area contributed by atoms with Crippen molar-refractivity contribution in [2.75, 3.05) is 0 Å². The highest BCUT2D eigenvalue weighted by atomic mass is 32.1. The van der Waals surface area contributed by atoms with E-state index in [0.717, 1.165) is 22.1 Å². The number of aromatic nitrogens is 3. The summed E-state index contributed by atoms with van der Waals surface area (Å²) >= 11 is 5.30. The maximum absolute atomic E-state index is 12.4. The topological polar surface area (TPSA) is 105 Å². The van der Waals surface area contributed by atoms with Crippen LogP contribution in [0.25, 0.3) is 22.4 Å². The summed E-state index contributed by atoms with van der Waals surface area (Å²) in [7, 11) is 0. The monoisotopic (exact) mass is 435 g/mol. The number of aryl methyl sites for hydroxylation is 2. The van der Waals surface area contributed by atoms with Gasteiger partial charge in [0.05, 0.1) is 0 Å². The Bertz CT molecular complexity index is 1320. The molecule has 0 saturated carbocycles. The van der Waals surface area contributed by atoms with E-state index in [2.05, 4.69) is 21.0 Å². The van der Waals surface area contributed by atoms with Crippen LogP contribution >= 0.6 is 12.2 Å². The van der Waals surface area contributed by atoms with Crippen molar-refractivity contribution in [1.29, 1.82) is 0 Å². The van der Waals surface area contributed by atoms with E-state index in [1.807, 2.05) is 49.4 Å². The molecular formula is C22H21N5O3S. The lowest BCUT2D eigenvalue weighted by Gasteiger charge is -2.09. The Balaban J connectivity index is 1.38. The van der Waals surface area contributed by atoms with Crippen LogP contribution in [0, 0.1) is 18.6 Å². The molecule has 0 fully saturated rings. The number of nitrogens with zero attached hydrogens (tertiary/aromatic N) is 2. The van der Waals surface area contributed by atoms with Crippen molar-refractivity contribution >= 4 is 35.0 Å². The smallest absolute Gasteiger partial charge is 0.305 e. The maximum atomic E-state index is 12.4. The number of hydrazine groups is 1. The number of H-pyrrole nitrogens is 1. The lowest BCUT2D eigenvalue weighted by Crippen LogP contribution is -2.42. The molecule has 0 aliphatic rings. The third kappa shape index (κ3) is 4.26. The fraction of sp³-hybridized carbons (Fsp3) is 0.182. The molecule has 4 rings (SSSR count). The molecule has 31 heavy (non-hydrogen) atoms. The Kier molecular flexibility index (Phi) is 5.68. The number of hydrogen-bond donors (Lipinski definition) is 3. The first-order chi connectivity index (χ1) is 14.9. The van der Waals surface area contributed by atoms with Gasteiger partial charge >= 0.3 is 5.91 Å². The van der Waals surface area contributed by atoms with Gasteiger partial charge in [-0.05, 0) is 32.1 Å². The molecule has 0 aliphatic heterocycles. The van der Waals surface area contributed by atoms with Gasteiger partial charge in [0.25, 0.3) is 0 Å². The van der Waals surface area contributed by atoms with E-state index in [4.69, 9.17) is 16.6 Å². The van der Waals surface area contributed by atoms with Crippen molar-refractivity contribution in [3.05, 3.63) is 70.2 Å². The number of furan rings is 1. The number of carbonyl (C=O) groups excluding carboxylic acids is 2. The molecule has 2 heterocycles. The summed E-state index contributed by atoms with van der Waals surface area (Å²) in [6.45, 7) is 4.12. The van der Waals surface area contributed by atoms with Gasteiger partial charge in [-0.25, -0.2) is 0 Å². The van der Waals surface area contributed by atoms with Crippen LogP contribution in [0.3, 0.4) is 0 Å². The number of hydrogen-bond acceptors (Lipinski definition) is 5. The predicted octanol–water partition coefficient (Wildman–Crippen LogP) is 3.82. The zero-order valence-corrected chi connectivity index (χ0v) is 17.9. The van der Waals surface area contributed by atoms with Gasteiger partial charge in [-0.2, -0.15) is 5.10 Å². The molecular weight excluding hydrogens is 414 g/mol. The Morgan fingerprint density at radius 3 is 2.58 bits per heavy atom. The van der Waals surface area contributed by atoms with Crippen LogP contribution in [0.2, 0.25) is 0 Å². The number of benzene rings is 2. The summed E-state index contributed by atoms with van der Waals surface area (Å²) in [4.78, 5) is 24.7. The normalized spacial score (nSPS) is 10.9. The summed E-state index contributed by atoms with van der Waals surface area (Å²) in [6.07, 6.45) is 0.103. The van der Waals surface area contributed by atoms with Crippen LogP contribution in [-0.4, -0.2) is 26.6 Å². The Morgan fingerprint density at radius 1 is 1.10 bits per heavy atom. The minimum Gasteiger partial charge on any atom is -0.451 e. The predicted molar refractivity (Wildman–Crippen MR) is 119 cm³/mol. The zero-order valence-electron chi connectivity index (χ0n) is 17.1. The molecule has 0 atom stereocenters. The number of amides is 2. The quantitative estimate of drug-likeness (QED) is 0.326. The van der Waals surface area contributed by atoms with Gasteiger partial charge < -0.3 is 4.42 Å². The average Bonchev–Trinajstić information content (AvgIpc) is 3.31. The minimum atomic E-state index is -0.512. The Hall–Kier alpha value is -3.72. The van der Waals surface area contributed by atoms with Crippen molar-refractivity contribution < 1.29 is 14.0 Å². The highest BCUT2D eigenvalue weighted by molar-refractivity contribution is 7.71. The second-order valence-corrected chi connectivity index (χ2v) is 7.56. The third-order valence-corrected chi connectivity index (χ3v) is 5.31. The highest BCUT2D eigenvalue weighted by Crippen LogP contribution is 2.24. The Morgan fingerprint density at radius 2 is 1.84 bits per heavy atom. The molecule has 2 aromatic heterocycles. The second-order valence-electron chi connectivity index (χ2n) is 7.17. The summed E-state index contributed by atoms with van der Waals surface area (Å²) in [5, 5.41) is 7.89. The molecule has 0 saturated heterocycles. The molecule has 0 aliphatic carbocycles. The van der Waals surface area contributed by atoms with E-state index in [-0.39, 0.29) is 18.1 Å². The number of rotatable bonds is 5. The van der Waals surface area contributed by atoms with Crippen LogP contribution in [0.15, 0.2) is 52.9 Å². The first-order valence-electron chi connectivity index (χ1n) is 9.73. The van der Waals surface area contributed by atoms with Gasteiger partial charge in [-0.3, -0.25) is 30.1 Å².